The van der Waals surface area contributed by atoms with Gasteiger partial charge in [0.05, 0.1) is 17.0 Å². The molecule has 0 unspecified atom stereocenters. The summed E-state index contributed by atoms with van der Waals surface area (Å²) in [4.78, 5) is 26.8. The fourth-order valence-corrected chi connectivity index (χ4v) is 1.72. The first kappa shape index (κ1) is 14.6. The number of hydrogen-bond donors (Lipinski definition) is 2. The maximum Gasteiger partial charge on any atom is 0.338 e. The van der Waals surface area contributed by atoms with Crippen LogP contribution in [-0.2, 0) is 12.8 Å². The van der Waals surface area contributed by atoms with E-state index in [2.05, 4.69) is 20.5 Å². The minimum absolute atomic E-state index is 0.0577. The van der Waals surface area contributed by atoms with Gasteiger partial charge in [-0.15, -0.1) is 10.2 Å². The molecule has 0 aliphatic heterocycles. The molecule has 0 radical (unpaired) electrons. The Morgan fingerprint density at radius 3 is 2.52 bits per heavy atom. The summed E-state index contributed by atoms with van der Waals surface area (Å²) >= 11 is 0. The van der Waals surface area contributed by atoms with E-state index in [-0.39, 0.29) is 17.3 Å². The molecule has 0 atom stereocenters. The van der Waals surface area contributed by atoms with E-state index in [1.54, 1.807) is 0 Å². The smallest absolute Gasteiger partial charge is 0.338 e. The summed E-state index contributed by atoms with van der Waals surface area (Å²) in [7, 11) is 0. The fraction of sp³-hybridized carbons (Fsp3) is 0.308. The Balaban J connectivity index is 2.17. The van der Waals surface area contributed by atoms with Crippen LogP contribution in [0.1, 0.15) is 46.1 Å². The molecule has 1 amide bonds. The number of aromatic nitrogens is 3. The first-order valence-corrected chi connectivity index (χ1v) is 6.40. The Labute approximate surface area is 120 Å². The molecule has 0 aliphatic rings. The highest BCUT2D eigenvalue weighted by Crippen LogP contribution is 2.11. The van der Waals surface area contributed by atoms with Crippen LogP contribution in [0.2, 0.25) is 0 Å². The van der Waals surface area contributed by atoms with E-state index in [1.807, 2.05) is 13.8 Å². The third kappa shape index (κ3) is 3.22. The number of carboxylic acids is 1. The second kappa shape index (κ2) is 6.12. The second-order valence-corrected chi connectivity index (χ2v) is 4.19. The predicted molar refractivity (Wildman–Crippen MR) is 72.2 cm³/mol. The van der Waals surface area contributed by atoms with Crippen molar-refractivity contribution in [2.45, 2.75) is 26.7 Å². The van der Waals surface area contributed by atoms with Crippen molar-refractivity contribution in [3.8, 4) is 0 Å². The maximum atomic E-state index is 11.9. The molecule has 0 fully saturated rings. The Bertz CT molecular complexity index is 681. The van der Waals surface area contributed by atoms with Crippen molar-refractivity contribution < 1.29 is 19.1 Å². The van der Waals surface area contributed by atoms with Gasteiger partial charge in [0.15, 0.2) is 5.76 Å². The Hall–Kier alpha value is -2.77. The van der Waals surface area contributed by atoms with Crippen LogP contribution in [0.15, 0.2) is 16.7 Å². The monoisotopic (exact) mass is 290 g/mol. The molecule has 2 rings (SSSR count). The normalized spacial score (nSPS) is 10.4. The van der Waals surface area contributed by atoms with Gasteiger partial charge in [0, 0.05) is 6.07 Å². The molecule has 0 spiro atoms. The van der Waals surface area contributed by atoms with Gasteiger partial charge in [-0.2, -0.15) is 0 Å². The summed E-state index contributed by atoms with van der Waals surface area (Å²) in [5.74, 6) is -1.87. The van der Waals surface area contributed by atoms with Gasteiger partial charge in [0.2, 0.25) is 5.95 Å². The van der Waals surface area contributed by atoms with Crippen LogP contribution in [0.4, 0.5) is 5.95 Å². The Kier molecular flexibility index (Phi) is 4.27. The fourth-order valence-electron chi connectivity index (χ4n) is 1.72. The van der Waals surface area contributed by atoms with Gasteiger partial charge >= 0.3 is 5.97 Å². The van der Waals surface area contributed by atoms with E-state index in [0.717, 1.165) is 23.7 Å². The van der Waals surface area contributed by atoms with E-state index in [4.69, 9.17) is 9.52 Å². The van der Waals surface area contributed by atoms with E-state index < -0.39 is 11.9 Å². The lowest BCUT2D eigenvalue weighted by Crippen LogP contribution is -2.16. The average Bonchev–Trinajstić information content (AvgIpc) is 2.97. The number of aryl methyl sites for hydroxylation is 2. The van der Waals surface area contributed by atoms with Crippen LogP contribution >= 0.6 is 0 Å². The highest BCUT2D eigenvalue weighted by molar-refractivity contribution is 6.02. The van der Waals surface area contributed by atoms with Crippen molar-refractivity contribution in [3.05, 3.63) is 35.0 Å². The number of amides is 1. The lowest BCUT2D eigenvalue weighted by atomic mass is 10.2. The van der Waals surface area contributed by atoms with Crippen molar-refractivity contribution in [1.82, 2.24) is 15.2 Å². The molecule has 0 saturated heterocycles. The van der Waals surface area contributed by atoms with Crippen LogP contribution in [0, 0.1) is 0 Å². The number of carbonyl (C=O) groups excluding carboxylic acids is 1. The molecule has 0 saturated carbocycles. The number of nitrogens with one attached hydrogen (secondary N) is 1. The number of hydrogen-bond acceptors (Lipinski definition) is 6. The van der Waals surface area contributed by atoms with E-state index in [1.165, 1.54) is 0 Å². The summed E-state index contributed by atoms with van der Waals surface area (Å²) in [6.45, 7) is 3.87. The number of rotatable bonds is 5. The molecule has 0 aromatic carbocycles. The van der Waals surface area contributed by atoms with E-state index in [0.29, 0.717) is 12.8 Å². The van der Waals surface area contributed by atoms with Crippen LogP contribution in [-0.4, -0.2) is 32.2 Å². The van der Waals surface area contributed by atoms with E-state index in [9.17, 15) is 9.59 Å². The van der Waals surface area contributed by atoms with Gasteiger partial charge < -0.3 is 9.52 Å². The number of nitrogens with zero attached hydrogens (tertiary/aromatic N) is 3. The largest absolute Gasteiger partial charge is 0.478 e. The molecular weight excluding hydrogens is 276 g/mol. The zero-order chi connectivity index (χ0) is 15.4. The molecule has 8 nitrogen and oxygen atoms in total. The van der Waals surface area contributed by atoms with Gasteiger partial charge in [-0.1, -0.05) is 13.8 Å². The summed E-state index contributed by atoms with van der Waals surface area (Å²) in [5, 5.41) is 19.0. The zero-order valence-electron chi connectivity index (χ0n) is 11.6. The van der Waals surface area contributed by atoms with Gasteiger partial charge in [-0.25, -0.2) is 9.78 Å². The number of furan rings is 1. The topological polar surface area (TPSA) is 118 Å². The summed E-state index contributed by atoms with van der Waals surface area (Å²) in [6.07, 6.45) is 2.37. The standard InChI is InChI=1S/C13H14N4O4/c1-3-8-9(4-2)16-17-13(14-8)15-11(18)10-5-7(6-21-10)12(19)20/h5-6H,3-4H2,1-2H3,(H,19,20)(H,14,15,17,18). The van der Waals surface area contributed by atoms with Crippen LogP contribution < -0.4 is 5.32 Å². The summed E-state index contributed by atoms with van der Waals surface area (Å²) in [6, 6.07) is 1.13. The minimum Gasteiger partial charge on any atom is -0.478 e. The average molecular weight is 290 g/mol. The van der Waals surface area contributed by atoms with Gasteiger partial charge in [-0.05, 0) is 12.8 Å². The van der Waals surface area contributed by atoms with Gasteiger partial charge in [0.1, 0.15) is 6.26 Å². The van der Waals surface area contributed by atoms with E-state index >= 15 is 0 Å². The molecule has 8 heteroatoms. The first-order chi connectivity index (χ1) is 10.0. The van der Waals surface area contributed by atoms with Crippen molar-refractivity contribution >= 4 is 17.8 Å². The number of aromatic carboxylic acids is 1. The second-order valence-electron chi connectivity index (χ2n) is 4.19. The van der Waals surface area contributed by atoms with Gasteiger partial charge in [0.25, 0.3) is 5.91 Å². The van der Waals surface area contributed by atoms with Crippen molar-refractivity contribution in [2.24, 2.45) is 0 Å². The molecule has 2 aromatic rings. The number of anilines is 1. The molecule has 0 aliphatic carbocycles. The Morgan fingerprint density at radius 2 is 1.95 bits per heavy atom. The molecule has 2 aromatic heterocycles. The SMILES string of the molecule is CCc1nnc(NC(=O)c2cc(C(=O)O)co2)nc1CC. The highest BCUT2D eigenvalue weighted by Gasteiger charge is 2.16. The zero-order valence-corrected chi connectivity index (χ0v) is 11.6. The first-order valence-electron chi connectivity index (χ1n) is 6.40. The van der Waals surface area contributed by atoms with Crippen molar-refractivity contribution in [2.75, 3.05) is 5.32 Å². The molecule has 2 heterocycles. The van der Waals surface area contributed by atoms with Gasteiger partial charge in [-0.3, -0.25) is 10.1 Å². The molecule has 2 N–H and O–H groups in total. The third-order valence-corrected chi connectivity index (χ3v) is 2.80. The summed E-state index contributed by atoms with van der Waals surface area (Å²) in [5.41, 5.74) is 1.44. The van der Waals surface area contributed by atoms with Crippen LogP contribution in [0.5, 0.6) is 0 Å². The van der Waals surface area contributed by atoms with Crippen LogP contribution in [0.25, 0.3) is 0 Å². The molecule has 110 valence electrons. The number of carbonyl (C=O) groups is 2. The number of carboxylic acid groups (broad SMARTS) is 1. The maximum absolute atomic E-state index is 11.9. The van der Waals surface area contributed by atoms with Crippen molar-refractivity contribution in [3.63, 3.8) is 0 Å². The quantitative estimate of drug-likeness (QED) is 0.857. The molecular formula is C13H14N4O4. The minimum atomic E-state index is -1.17. The summed E-state index contributed by atoms with van der Waals surface area (Å²) < 4.78 is 4.89. The molecule has 0 bridgehead atoms. The highest BCUT2D eigenvalue weighted by atomic mass is 16.4. The lowest BCUT2D eigenvalue weighted by molar-refractivity contribution is 0.0696. The lowest BCUT2D eigenvalue weighted by Gasteiger charge is -2.05. The molecule has 21 heavy (non-hydrogen) atoms. The van der Waals surface area contributed by atoms with Crippen LogP contribution in [0.3, 0.4) is 0 Å². The van der Waals surface area contributed by atoms with Crippen molar-refractivity contribution in [1.29, 1.82) is 0 Å². The predicted octanol–water partition coefficient (Wildman–Crippen LogP) is 1.54. The Morgan fingerprint density at radius 1 is 1.24 bits per heavy atom. The third-order valence-electron chi connectivity index (χ3n) is 2.80.